The number of ether oxygens (including phenoxy) is 1. The maximum absolute atomic E-state index is 11.5. The van der Waals surface area contributed by atoms with Crippen LogP contribution in [0.4, 0.5) is 0 Å². The summed E-state index contributed by atoms with van der Waals surface area (Å²) in [6.07, 6.45) is 0. The Labute approximate surface area is 115 Å². The van der Waals surface area contributed by atoms with E-state index in [1.165, 1.54) is 10.7 Å². The Morgan fingerprint density at radius 2 is 2.21 bits per heavy atom. The molecule has 0 radical (unpaired) electrons. The molecule has 1 N–H and O–H groups in total. The number of carbonyl (C=O) groups is 1. The number of aromatic hydroxyl groups is 1. The minimum atomic E-state index is -0.560. The molecule has 1 aromatic carbocycles. The average molecular weight is 281 g/mol. The van der Waals surface area contributed by atoms with E-state index < -0.39 is 5.97 Å². The third-order valence-electron chi connectivity index (χ3n) is 2.52. The van der Waals surface area contributed by atoms with E-state index in [4.69, 9.17) is 16.3 Å². The van der Waals surface area contributed by atoms with Gasteiger partial charge in [-0.25, -0.2) is 9.48 Å². The van der Waals surface area contributed by atoms with Crippen LogP contribution in [-0.2, 0) is 11.3 Å². The van der Waals surface area contributed by atoms with Gasteiger partial charge in [0, 0.05) is 11.1 Å². The first-order valence-electron chi connectivity index (χ1n) is 5.79. The molecule has 0 saturated carbocycles. The molecular weight excluding hydrogens is 268 g/mol. The van der Waals surface area contributed by atoms with E-state index in [9.17, 15) is 9.90 Å². The van der Waals surface area contributed by atoms with Crippen LogP contribution in [0.25, 0.3) is 0 Å². The monoisotopic (exact) mass is 280 g/mol. The zero-order chi connectivity index (χ0) is 13.8. The molecule has 0 bridgehead atoms. The molecule has 0 fully saturated rings. The third-order valence-corrected chi connectivity index (χ3v) is 2.89. The molecule has 0 saturated heterocycles. The van der Waals surface area contributed by atoms with E-state index in [2.05, 4.69) is 5.10 Å². The predicted octanol–water partition coefficient (Wildman–Crippen LogP) is 2.47. The third kappa shape index (κ3) is 3.06. The van der Waals surface area contributed by atoms with E-state index >= 15 is 0 Å². The number of esters is 1. The van der Waals surface area contributed by atoms with E-state index in [-0.39, 0.29) is 24.7 Å². The summed E-state index contributed by atoms with van der Waals surface area (Å²) < 4.78 is 6.12. The first kappa shape index (κ1) is 13.4. The Morgan fingerprint density at radius 1 is 1.47 bits per heavy atom. The molecule has 0 unspecified atom stereocenters. The highest BCUT2D eigenvalue weighted by molar-refractivity contribution is 6.31. The molecule has 100 valence electrons. The van der Waals surface area contributed by atoms with Gasteiger partial charge in [-0.05, 0) is 18.6 Å². The lowest BCUT2D eigenvalue weighted by molar-refractivity contribution is 0.0518. The molecule has 0 amide bonds. The number of hydrogen-bond donors (Lipinski definition) is 1. The summed E-state index contributed by atoms with van der Waals surface area (Å²) in [6.45, 7) is 2.25. The molecule has 1 aromatic heterocycles. The largest absolute Gasteiger partial charge is 0.493 e. The van der Waals surface area contributed by atoms with E-state index in [0.717, 1.165) is 5.56 Å². The second kappa shape index (κ2) is 5.75. The number of nitrogens with zero attached hydrogens (tertiary/aromatic N) is 2. The molecule has 6 heteroatoms. The summed E-state index contributed by atoms with van der Waals surface area (Å²) in [5, 5.41) is 14.3. The topological polar surface area (TPSA) is 64.3 Å². The predicted molar refractivity (Wildman–Crippen MR) is 70.4 cm³/mol. The Morgan fingerprint density at radius 3 is 2.89 bits per heavy atom. The van der Waals surface area contributed by atoms with Gasteiger partial charge in [0.05, 0.1) is 13.2 Å². The summed E-state index contributed by atoms with van der Waals surface area (Å²) in [4.78, 5) is 11.5. The lowest BCUT2D eigenvalue weighted by Gasteiger charge is -2.05. The fourth-order valence-electron chi connectivity index (χ4n) is 1.62. The fourth-order valence-corrected chi connectivity index (χ4v) is 1.81. The van der Waals surface area contributed by atoms with Crippen molar-refractivity contribution in [3.8, 4) is 5.88 Å². The van der Waals surface area contributed by atoms with Gasteiger partial charge in [-0.1, -0.05) is 29.8 Å². The minimum Gasteiger partial charge on any atom is -0.493 e. The summed E-state index contributed by atoms with van der Waals surface area (Å²) >= 11 is 6.03. The smallest absolute Gasteiger partial charge is 0.358 e. The Kier molecular flexibility index (Phi) is 4.06. The van der Waals surface area contributed by atoms with Crippen LogP contribution in [0.15, 0.2) is 30.3 Å². The van der Waals surface area contributed by atoms with Gasteiger partial charge in [-0.2, -0.15) is 5.10 Å². The van der Waals surface area contributed by atoms with Crippen LogP contribution in [0.2, 0.25) is 5.02 Å². The van der Waals surface area contributed by atoms with Crippen LogP contribution in [0.5, 0.6) is 5.88 Å². The van der Waals surface area contributed by atoms with Gasteiger partial charge in [0.15, 0.2) is 5.69 Å². The minimum absolute atomic E-state index is 0.0754. The number of benzene rings is 1. The van der Waals surface area contributed by atoms with Crippen LogP contribution >= 0.6 is 11.6 Å². The lowest BCUT2D eigenvalue weighted by atomic mass is 10.2. The maximum Gasteiger partial charge on any atom is 0.358 e. The fraction of sp³-hybridized carbons (Fsp3) is 0.231. The summed E-state index contributed by atoms with van der Waals surface area (Å²) in [7, 11) is 0. The van der Waals surface area contributed by atoms with Crippen LogP contribution in [0.1, 0.15) is 23.0 Å². The first-order chi connectivity index (χ1) is 9.11. The van der Waals surface area contributed by atoms with Crippen LogP contribution < -0.4 is 0 Å². The average Bonchev–Trinajstić information content (AvgIpc) is 2.74. The molecule has 5 nitrogen and oxygen atoms in total. The Hall–Kier alpha value is -2.01. The zero-order valence-corrected chi connectivity index (χ0v) is 11.1. The molecule has 0 aliphatic carbocycles. The van der Waals surface area contributed by atoms with Gasteiger partial charge in [0.1, 0.15) is 0 Å². The highest BCUT2D eigenvalue weighted by Gasteiger charge is 2.15. The van der Waals surface area contributed by atoms with Gasteiger partial charge >= 0.3 is 5.97 Å². The van der Waals surface area contributed by atoms with E-state index in [0.29, 0.717) is 5.02 Å². The van der Waals surface area contributed by atoms with Crippen LogP contribution in [-0.4, -0.2) is 27.5 Å². The lowest BCUT2D eigenvalue weighted by Crippen LogP contribution is -2.08. The summed E-state index contributed by atoms with van der Waals surface area (Å²) in [6, 6.07) is 8.51. The standard InChI is InChI=1S/C13H13ClN2O3/c1-2-19-13(18)11-7-12(17)16(15-11)8-9-5-3-4-6-10(9)14/h3-7,17H,2,8H2,1H3. The van der Waals surface area contributed by atoms with Gasteiger partial charge in [0.2, 0.25) is 5.88 Å². The number of rotatable bonds is 4. The normalized spacial score (nSPS) is 10.4. The van der Waals surface area contributed by atoms with Crippen molar-refractivity contribution in [2.24, 2.45) is 0 Å². The van der Waals surface area contributed by atoms with Crippen molar-refractivity contribution >= 4 is 17.6 Å². The Bertz CT molecular complexity index is 595. The van der Waals surface area contributed by atoms with Gasteiger partial charge in [0.25, 0.3) is 0 Å². The van der Waals surface area contributed by atoms with Gasteiger partial charge < -0.3 is 9.84 Å². The molecule has 0 aliphatic heterocycles. The van der Waals surface area contributed by atoms with Crippen molar-refractivity contribution in [1.29, 1.82) is 0 Å². The van der Waals surface area contributed by atoms with Crippen molar-refractivity contribution in [3.63, 3.8) is 0 Å². The molecule has 0 atom stereocenters. The second-order valence-corrected chi connectivity index (χ2v) is 4.26. The first-order valence-corrected chi connectivity index (χ1v) is 6.17. The molecular formula is C13H13ClN2O3. The van der Waals surface area contributed by atoms with Crippen molar-refractivity contribution in [2.75, 3.05) is 6.61 Å². The Balaban J connectivity index is 2.22. The van der Waals surface area contributed by atoms with Gasteiger partial charge in [-0.15, -0.1) is 0 Å². The van der Waals surface area contributed by atoms with Crippen molar-refractivity contribution in [1.82, 2.24) is 9.78 Å². The number of hydrogen-bond acceptors (Lipinski definition) is 4. The number of carbonyl (C=O) groups excluding carboxylic acids is 1. The molecule has 2 aromatic rings. The summed E-state index contributed by atoms with van der Waals surface area (Å²) in [5.74, 6) is -0.668. The van der Waals surface area contributed by atoms with Crippen molar-refractivity contribution in [3.05, 3.63) is 46.6 Å². The van der Waals surface area contributed by atoms with E-state index in [1.54, 1.807) is 13.0 Å². The number of aromatic nitrogens is 2. The highest BCUT2D eigenvalue weighted by atomic mass is 35.5. The van der Waals surface area contributed by atoms with Gasteiger partial charge in [-0.3, -0.25) is 0 Å². The summed E-state index contributed by atoms with van der Waals surface area (Å²) in [5.41, 5.74) is 0.879. The molecule has 0 spiro atoms. The molecule has 2 rings (SSSR count). The second-order valence-electron chi connectivity index (χ2n) is 3.86. The van der Waals surface area contributed by atoms with Crippen LogP contribution in [0.3, 0.4) is 0 Å². The quantitative estimate of drug-likeness (QED) is 0.874. The van der Waals surface area contributed by atoms with Crippen LogP contribution in [0, 0.1) is 0 Å². The highest BCUT2D eigenvalue weighted by Crippen LogP contribution is 2.19. The van der Waals surface area contributed by atoms with E-state index in [1.807, 2.05) is 18.2 Å². The molecule has 0 aliphatic rings. The SMILES string of the molecule is CCOC(=O)c1cc(O)n(Cc2ccccc2Cl)n1. The zero-order valence-electron chi connectivity index (χ0n) is 10.3. The van der Waals surface area contributed by atoms with Crippen molar-refractivity contribution in [2.45, 2.75) is 13.5 Å². The molecule has 19 heavy (non-hydrogen) atoms. The maximum atomic E-state index is 11.5. The number of halogens is 1. The molecule has 1 heterocycles. The van der Waals surface area contributed by atoms with Crippen molar-refractivity contribution < 1.29 is 14.6 Å².